The molecular weight excluding hydrogens is 376 g/mol. The van der Waals surface area contributed by atoms with Crippen LogP contribution in [0.4, 0.5) is 5.69 Å². The Bertz CT molecular complexity index is 1190. The van der Waals surface area contributed by atoms with Gasteiger partial charge in [-0.2, -0.15) is 5.10 Å². The molecule has 7 heteroatoms. The molecule has 0 aromatic carbocycles. The highest BCUT2D eigenvalue weighted by Crippen LogP contribution is 2.30. The van der Waals surface area contributed by atoms with Crippen LogP contribution in [0.15, 0.2) is 55.1 Å². The van der Waals surface area contributed by atoms with Gasteiger partial charge in [0.25, 0.3) is 0 Å². The Hall–Kier alpha value is -3.19. The Morgan fingerprint density at radius 1 is 1.20 bits per heavy atom. The number of rotatable bonds is 4. The summed E-state index contributed by atoms with van der Waals surface area (Å²) in [5, 5.41) is 18.5. The van der Waals surface area contributed by atoms with E-state index in [2.05, 4.69) is 37.0 Å². The molecule has 154 valence electrons. The Morgan fingerprint density at radius 3 is 2.90 bits per heavy atom. The lowest BCUT2D eigenvalue weighted by atomic mass is 9.83. The van der Waals surface area contributed by atoms with E-state index in [1.54, 1.807) is 10.9 Å². The normalized spacial score (nSPS) is 21.8. The number of aromatic nitrogens is 5. The molecule has 4 heterocycles. The summed E-state index contributed by atoms with van der Waals surface area (Å²) in [7, 11) is 0. The van der Waals surface area contributed by atoms with E-state index < -0.39 is 5.60 Å². The van der Waals surface area contributed by atoms with Crippen molar-refractivity contribution in [2.24, 2.45) is 0 Å². The Morgan fingerprint density at radius 2 is 2.10 bits per heavy atom. The molecule has 1 saturated carbocycles. The van der Waals surface area contributed by atoms with Gasteiger partial charge in [-0.15, -0.1) is 0 Å². The minimum atomic E-state index is -0.585. The van der Waals surface area contributed by atoms with Crippen LogP contribution >= 0.6 is 0 Å². The van der Waals surface area contributed by atoms with Crippen LogP contribution in [-0.2, 0) is 0 Å². The highest BCUT2D eigenvalue weighted by molar-refractivity contribution is 5.66. The quantitative estimate of drug-likeness (QED) is 0.539. The van der Waals surface area contributed by atoms with Crippen molar-refractivity contribution in [3.8, 4) is 17.1 Å². The molecule has 2 atom stereocenters. The first kappa shape index (κ1) is 18.8. The highest BCUT2D eigenvalue weighted by Gasteiger charge is 2.29. The van der Waals surface area contributed by atoms with Crippen LogP contribution in [0.2, 0.25) is 0 Å². The molecule has 0 amide bonds. The maximum atomic E-state index is 10.4. The summed E-state index contributed by atoms with van der Waals surface area (Å²) in [5.74, 6) is 0.772. The highest BCUT2D eigenvalue weighted by atomic mass is 16.3. The van der Waals surface area contributed by atoms with Gasteiger partial charge in [-0.1, -0.05) is 0 Å². The van der Waals surface area contributed by atoms with Crippen molar-refractivity contribution in [2.75, 3.05) is 5.32 Å². The van der Waals surface area contributed by atoms with E-state index >= 15 is 0 Å². The van der Waals surface area contributed by atoms with Crippen molar-refractivity contribution in [1.29, 1.82) is 0 Å². The molecule has 1 aliphatic rings. The van der Waals surface area contributed by atoms with Gasteiger partial charge < -0.3 is 10.4 Å². The molecule has 4 aromatic rings. The number of hydrogen-bond donors (Lipinski definition) is 2. The smallest absolute Gasteiger partial charge is 0.153 e. The van der Waals surface area contributed by atoms with Crippen molar-refractivity contribution in [3.05, 3.63) is 60.8 Å². The average Bonchev–Trinajstić information content (AvgIpc) is 3.33. The zero-order valence-electron chi connectivity index (χ0n) is 17.3. The maximum absolute atomic E-state index is 10.4. The first-order chi connectivity index (χ1) is 14.5. The minimum absolute atomic E-state index is 0.272. The number of nitrogens with zero attached hydrogens (tertiary/aromatic N) is 5. The molecule has 0 spiro atoms. The monoisotopic (exact) mass is 402 g/mol. The minimum Gasteiger partial charge on any atom is -0.390 e. The van der Waals surface area contributed by atoms with Gasteiger partial charge in [0.1, 0.15) is 5.65 Å². The number of anilines is 1. The SMILES string of the molecule is Cc1ccn(-c2cc(-c3cnc4ccc(N[C@H]5CCC[C@](C)(O)C5)cn34)ccn2)n1. The van der Waals surface area contributed by atoms with Gasteiger partial charge in [0.2, 0.25) is 0 Å². The molecule has 30 heavy (non-hydrogen) atoms. The zero-order valence-corrected chi connectivity index (χ0v) is 17.3. The molecule has 0 unspecified atom stereocenters. The Balaban J connectivity index is 1.46. The molecule has 1 fully saturated rings. The molecule has 1 aliphatic carbocycles. The summed E-state index contributed by atoms with van der Waals surface area (Å²) < 4.78 is 3.88. The van der Waals surface area contributed by atoms with Crippen LogP contribution in [0.5, 0.6) is 0 Å². The number of pyridine rings is 2. The zero-order chi connectivity index (χ0) is 20.7. The van der Waals surface area contributed by atoms with Crippen LogP contribution in [-0.4, -0.2) is 40.9 Å². The first-order valence-electron chi connectivity index (χ1n) is 10.4. The van der Waals surface area contributed by atoms with E-state index in [1.807, 2.05) is 50.5 Å². The molecule has 2 N–H and O–H groups in total. The van der Waals surface area contributed by atoms with Gasteiger partial charge >= 0.3 is 0 Å². The number of nitrogens with one attached hydrogen (secondary N) is 1. The third-order valence-corrected chi connectivity index (χ3v) is 5.83. The number of aliphatic hydroxyl groups is 1. The molecule has 0 aliphatic heterocycles. The summed E-state index contributed by atoms with van der Waals surface area (Å²) in [6, 6.07) is 10.3. The van der Waals surface area contributed by atoms with Crippen molar-refractivity contribution in [2.45, 2.75) is 51.2 Å². The summed E-state index contributed by atoms with van der Waals surface area (Å²) >= 11 is 0. The second kappa shape index (κ2) is 7.25. The lowest BCUT2D eigenvalue weighted by Crippen LogP contribution is -2.38. The third kappa shape index (κ3) is 3.68. The Kier molecular flexibility index (Phi) is 4.55. The first-order valence-corrected chi connectivity index (χ1v) is 10.4. The van der Waals surface area contributed by atoms with E-state index in [4.69, 9.17) is 0 Å². The van der Waals surface area contributed by atoms with Crippen LogP contribution in [0, 0.1) is 6.92 Å². The number of imidazole rings is 1. The van der Waals surface area contributed by atoms with Crippen molar-refractivity contribution < 1.29 is 5.11 Å². The summed E-state index contributed by atoms with van der Waals surface area (Å²) in [4.78, 5) is 9.02. The molecule has 0 radical (unpaired) electrons. The van der Waals surface area contributed by atoms with Gasteiger partial charge in [-0.25, -0.2) is 14.6 Å². The molecule has 7 nitrogen and oxygen atoms in total. The number of hydrogen-bond acceptors (Lipinski definition) is 5. The molecule has 5 rings (SSSR count). The van der Waals surface area contributed by atoms with Gasteiger partial charge in [0, 0.05) is 30.2 Å². The van der Waals surface area contributed by atoms with Crippen molar-refractivity contribution >= 4 is 11.3 Å². The topological polar surface area (TPSA) is 80.3 Å². The molecular formula is C23H26N6O. The number of aryl methyl sites for hydroxylation is 1. The number of fused-ring (bicyclic) bond motifs is 1. The predicted molar refractivity (Wildman–Crippen MR) is 117 cm³/mol. The van der Waals surface area contributed by atoms with E-state index in [0.29, 0.717) is 0 Å². The molecule has 4 aromatic heterocycles. The fraction of sp³-hybridized carbons (Fsp3) is 0.348. The van der Waals surface area contributed by atoms with E-state index in [9.17, 15) is 5.11 Å². The van der Waals surface area contributed by atoms with Crippen LogP contribution in [0.25, 0.3) is 22.7 Å². The molecule has 0 saturated heterocycles. The second-order valence-electron chi connectivity index (χ2n) is 8.53. The summed E-state index contributed by atoms with van der Waals surface area (Å²) in [5.41, 5.74) is 4.31. The largest absolute Gasteiger partial charge is 0.390 e. The second-order valence-corrected chi connectivity index (χ2v) is 8.53. The van der Waals surface area contributed by atoms with Gasteiger partial charge in [0.15, 0.2) is 5.82 Å². The van der Waals surface area contributed by atoms with E-state index in [0.717, 1.165) is 59.8 Å². The van der Waals surface area contributed by atoms with E-state index in [-0.39, 0.29) is 6.04 Å². The van der Waals surface area contributed by atoms with E-state index in [1.165, 1.54) is 0 Å². The van der Waals surface area contributed by atoms with Gasteiger partial charge in [-0.05, 0) is 69.9 Å². The summed E-state index contributed by atoms with van der Waals surface area (Å²) in [6.07, 6.45) is 11.4. The van der Waals surface area contributed by atoms with Crippen LogP contribution in [0.1, 0.15) is 38.3 Å². The van der Waals surface area contributed by atoms with Gasteiger partial charge in [0.05, 0.1) is 28.9 Å². The molecule has 0 bridgehead atoms. The standard InChI is InChI=1S/C23H26N6O/c1-16-8-11-29(27-16)22-12-17(7-10-24-22)20-14-25-21-6-5-19(15-28(20)21)26-18-4-3-9-23(2,30)13-18/h5-8,10-12,14-15,18,26,30H,3-4,9,13H2,1-2H3/t18-,23-/m0/s1. The average molecular weight is 403 g/mol. The lowest BCUT2D eigenvalue weighted by Gasteiger charge is -2.34. The maximum Gasteiger partial charge on any atom is 0.153 e. The lowest BCUT2D eigenvalue weighted by molar-refractivity contribution is 0.0182. The van der Waals surface area contributed by atoms with Crippen molar-refractivity contribution in [3.63, 3.8) is 0 Å². The van der Waals surface area contributed by atoms with Crippen LogP contribution in [0.3, 0.4) is 0 Å². The fourth-order valence-electron chi connectivity index (χ4n) is 4.35. The van der Waals surface area contributed by atoms with Crippen molar-refractivity contribution in [1.82, 2.24) is 24.1 Å². The van der Waals surface area contributed by atoms with Crippen LogP contribution < -0.4 is 5.32 Å². The Labute approximate surface area is 175 Å². The third-order valence-electron chi connectivity index (χ3n) is 5.83. The predicted octanol–water partition coefficient (Wildman–Crippen LogP) is 4.00. The summed E-state index contributed by atoms with van der Waals surface area (Å²) in [6.45, 7) is 3.89. The van der Waals surface area contributed by atoms with Gasteiger partial charge in [-0.3, -0.25) is 4.40 Å². The fourth-order valence-corrected chi connectivity index (χ4v) is 4.35.